The lowest BCUT2D eigenvalue weighted by molar-refractivity contribution is -0.147. The molecule has 1 atom stereocenters. The first-order chi connectivity index (χ1) is 17.1. The average molecular weight is 498 g/mol. The van der Waals surface area contributed by atoms with Crippen LogP contribution in [0.2, 0.25) is 0 Å². The lowest BCUT2D eigenvalue weighted by atomic mass is 10.0. The molecule has 7 N–H and O–H groups in total. The topological polar surface area (TPSA) is 204 Å². The Morgan fingerprint density at radius 3 is 2.56 bits per heavy atom. The fourth-order valence-corrected chi connectivity index (χ4v) is 3.61. The van der Waals surface area contributed by atoms with Crippen LogP contribution in [0.5, 0.6) is 11.5 Å². The fourth-order valence-electron chi connectivity index (χ4n) is 3.61. The van der Waals surface area contributed by atoms with Crippen molar-refractivity contribution in [2.24, 2.45) is 16.5 Å². The van der Waals surface area contributed by atoms with Crippen molar-refractivity contribution >= 4 is 35.5 Å². The van der Waals surface area contributed by atoms with Crippen molar-refractivity contribution in [2.45, 2.75) is 38.1 Å². The lowest BCUT2D eigenvalue weighted by Crippen LogP contribution is -2.42. The first kappa shape index (κ1) is 26.0. The molecular formula is C24H26N4O8. The third-order valence-electron chi connectivity index (χ3n) is 5.28. The van der Waals surface area contributed by atoms with Crippen molar-refractivity contribution < 1.29 is 38.9 Å². The minimum absolute atomic E-state index is 0.101. The summed E-state index contributed by atoms with van der Waals surface area (Å²) in [5.74, 6) is -3.56. The Bertz CT molecular complexity index is 1210. The molecule has 2 aromatic carbocycles. The number of nitrogens with one attached hydrogen (secondary N) is 1. The van der Waals surface area contributed by atoms with Crippen LogP contribution in [-0.2, 0) is 27.2 Å². The van der Waals surface area contributed by atoms with E-state index < -0.39 is 36.3 Å². The van der Waals surface area contributed by atoms with Crippen molar-refractivity contribution in [3.63, 3.8) is 0 Å². The summed E-state index contributed by atoms with van der Waals surface area (Å²) < 4.78 is 11.4. The van der Waals surface area contributed by atoms with E-state index in [0.29, 0.717) is 47.6 Å². The summed E-state index contributed by atoms with van der Waals surface area (Å²) in [5.41, 5.74) is 13.1. The van der Waals surface area contributed by atoms with Gasteiger partial charge in [-0.1, -0.05) is 6.07 Å². The molecule has 36 heavy (non-hydrogen) atoms. The maximum absolute atomic E-state index is 12.9. The summed E-state index contributed by atoms with van der Waals surface area (Å²) in [6.07, 6.45) is 0.512. The highest BCUT2D eigenvalue weighted by molar-refractivity contribution is 5.94. The van der Waals surface area contributed by atoms with Crippen LogP contribution in [0.4, 0.5) is 5.69 Å². The molecule has 3 rings (SSSR count). The molecule has 12 heteroatoms. The van der Waals surface area contributed by atoms with Gasteiger partial charge in [-0.05, 0) is 60.7 Å². The molecule has 1 heterocycles. The number of aliphatic carboxylic acids is 2. The van der Waals surface area contributed by atoms with E-state index in [2.05, 4.69) is 10.3 Å². The number of carbonyl (C=O) groups is 4. The molecule has 0 saturated carbocycles. The number of nitrogens with zero attached hydrogens (tertiary/aromatic N) is 1. The molecule has 1 aliphatic heterocycles. The summed E-state index contributed by atoms with van der Waals surface area (Å²) in [6.45, 7) is 0.360. The molecule has 1 amide bonds. The number of rotatable bonds is 8. The number of carboxylic acid groups (broad SMARTS) is 2. The van der Waals surface area contributed by atoms with E-state index in [1.54, 1.807) is 36.4 Å². The van der Waals surface area contributed by atoms with E-state index in [4.69, 9.17) is 31.2 Å². The van der Waals surface area contributed by atoms with Gasteiger partial charge < -0.3 is 36.5 Å². The molecule has 0 aliphatic carbocycles. The van der Waals surface area contributed by atoms with Crippen LogP contribution in [0.1, 0.15) is 40.7 Å². The van der Waals surface area contributed by atoms with Crippen molar-refractivity contribution in [3.05, 3.63) is 53.1 Å². The molecule has 190 valence electrons. The first-order valence-corrected chi connectivity index (χ1v) is 11.1. The van der Waals surface area contributed by atoms with E-state index in [1.165, 1.54) is 0 Å². The second-order valence-electron chi connectivity index (χ2n) is 8.06. The monoisotopic (exact) mass is 498 g/mol. The Hall–Kier alpha value is -4.61. The van der Waals surface area contributed by atoms with Crippen molar-refractivity contribution in [2.75, 3.05) is 6.61 Å². The highest BCUT2D eigenvalue weighted by Gasteiger charge is 2.23. The van der Waals surface area contributed by atoms with E-state index in [1.807, 2.05) is 0 Å². The van der Waals surface area contributed by atoms with Crippen molar-refractivity contribution in [1.82, 2.24) is 5.32 Å². The van der Waals surface area contributed by atoms with Crippen LogP contribution >= 0.6 is 0 Å². The predicted octanol–water partition coefficient (Wildman–Crippen LogP) is 1.11. The Labute approximate surface area is 205 Å². The van der Waals surface area contributed by atoms with Crippen LogP contribution in [-0.4, -0.2) is 52.6 Å². The third kappa shape index (κ3) is 7.19. The molecule has 0 unspecified atom stereocenters. The molecule has 0 fully saturated rings. The van der Waals surface area contributed by atoms with Gasteiger partial charge in [0.1, 0.15) is 6.04 Å². The number of guanidine groups is 1. The van der Waals surface area contributed by atoms with Gasteiger partial charge in [0.25, 0.3) is 0 Å². The van der Waals surface area contributed by atoms with Crippen molar-refractivity contribution in [1.29, 1.82) is 0 Å². The third-order valence-corrected chi connectivity index (χ3v) is 5.28. The van der Waals surface area contributed by atoms with Crippen molar-refractivity contribution in [3.8, 4) is 11.5 Å². The van der Waals surface area contributed by atoms with Gasteiger partial charge in [0, 0.05) is 6.42 Å². The minimum Gasteiger partial charge on any atom is -0.490 e. The van der Waals surface area contributed by atoms with Gasteiger partial charge in [0.2, 0.25) is 5.91 Å². The average Bonchev–Trinajstić information content (AvgIpc) is 2.80. The highest BCUT2D eigenvalue weighted by atomic mass is 16.6. The first-order valence-electron chi connectivity index (χ1n) is 11.1. The zero-order valence-electron chi connectivity index (χ0n) is 19.2. The molecule has 0 bridgehead atoms. The highest BCUT2D eigenvalue weighted by Crippen LogP contribution is 2.32. The molecular weight excluding hydrogens is 472 g/mol. The fraction of sp³-hybridized carbons (Fsp3) is 0.292. The molecule has 0 aromatic heterocycles. The number of hydrogen-bond acceptors (Lipinski definition) is 7. The van der Waals surface area contributed by atoms with E-state index in [9.17, 15) is 19.2 Å². The number of hydrogen-bond donors (Lipinski definition) is 5. The SMILES string of the molecule is NC(N)=Nc1ccc2c(c1)CCCOc1ccc(CCC(=O)N[C@@H](CC(=O)O)C(=O)O)cc1OC2=O. The molecule has 0 saturated heterocycles. The van der Waals surface area contributed by atoms with Gasteiger partial charge in [-0.25, -0.2) is 14.6 Å². The normalized spacial score (nSPS) is 13.6. The molecule has 2 aromatic rings. The summed E-state index contributed by atoms with van der Waals surface area (Å²) in [7, 11) is 0. The zero-order chi connectivity index (χ0) is 26.2. The second-order valence-corrected chi connectivity index (χ2v) is 8.06. The minimum atomic E-state index is -1.53. The van der Waals surface area contributed by atoms with Gasteiger partial charge in [-0.15, -0.1) is 0 Å². The number of ether oxygens (including phenoxy) is 2. The molecule has 0 radical (unpaired) electrons. The van der Waals surface area contributed by atoms with Gasteiger partial charge in [-0.3, -0.25) is 9.59 Å². The number of carbonyl (C=O) groups excluding carboxylic acids is 2. The predicted molar refractivity (Wildman–Crippen MR) is 127 cm³/mol. The van der Waals surface area contributed by atoms with Gasteiger partial charge in [0.05, 0.1) is 24.3 Å². The van der Waals surface area contributed by atoms with E-state index in [-0.39, 0.29) is 24.6 Å². The molecule has 1 aliphatic rings. The summed E-state index contributed by atoms with van der Waals surface area (Å²) in [5, 5.41) is 20.1. The Balaban J connectivity index is 1.74. The van der Waals surface area contributed by atoms with E-state index >= 15 is 0 Å². The smallest absolute Gasteiger partial charge is 0.343 e. The quantitative estimate of drug-likeness (QED) is 0.152. The maximum atomic E-state index is 12.9. The number of benzene rings is 2. The Morgan fingerprint density at radius 2 is 1.86 bits per heavy atom. The van der Waals surface area contributed by atoms with Gasteiger partial charge >= 0.3 is 17.9 Å². The van der Waals surface area contributed by atoms with Crippen LogP contribution < -0.4 is 26.3 Å². The largest absolute Gasteiger partial charge is 0.490 e. The van der Waals surface area contributed by atoms with E-state index in [0.717, 1.165) is 0 Å². The number of nitrogens with two attached hydrogens (primary N) is 2. The van der Waals surface area contributed by atoms with Crippen LogP contribution in [0, 0.1) is 0 Å². The Morgan fingerprint density at radius 1 is 1.08 bits per heavy atom. The number of amides is 1. The molecule has 12 nitrogen and oxygen atoms in total. The summed E-state index contributed by atoms with van der Waals surface area (Å²) in [6, 6.07) is 8.28. The number of carboxylic acids is 2. The summed E-state index contributed by atoms with van der Waals surface area (Å²) in [4.78, 5) is 51.0. The lowest BCUT2D eigenvalue weighted by Gasteiger charge is -2.17. The zero-order valence-corrected chi connectivity index (χ0v) is 19.2. The standard InChI is InChI=1S/C24H26N4O8/c25-24(26)27-15-5-6-16-14(11-15)2-1-9-35-18-7-3-13(10-19(18)36-23(16)34)4-8-20(29)28-17(22(32)33)12-21(30)31/h3,5-7,10-11,17H,1-2,4,8-9,12H2,(H,28,29)(H,30,31)(H,32,33)(H4,25,26,27)/t17-/m0/s1. The number of esters is 1. The van der Waals surface area contributed by atoms with Gasteiger partial charge in [-0.2, -0.15) is 0 Å². The molecule has 0 spiro atoms. The summed E-state index contributed by atoms with van der Waals surface area (Å²) >= 11 is 0. The number of aryl methyl sites for hydroxylation is 2. The van der Waals surface area contributed by atoms with Gasteiger partial charge in [0.15, 0.2) is 17.5 Å². The Kier molecular flexibility index (Phi) is 8.44. The van der Waals surface area contributed by atoms with Crippen LogP contribution in [0.25, 0.3) is 0 Å². The number of fused-ring (bicyclic) bond motifs is 2. The van der Waals surface area contributed by atoms with Crippen LogP contribution in [0.15, 0.2) is 41.4 Å². The number of aliphatic imine (C=N–C) groups is 1. The van der Waals surface area contributed by atoms with Crippen LogP contribution in [0.3, 0.4) is 0 Å². The maximum Gasteiger partial charge on any atom is 0.343 e. The second kappa shape index (κ2) is 11.7.